The fourth-order valence-electron chi connectivity index (χ4n) is 1.60. The number of Topliss-reactive ketones (excluding diaryl/α,β-unsaturated/α-hetero) is 1. The molecule has 0 aliphatic rings. The van der Waals surface area contributed by atoms with E-state index in [-0.39, 0.29) is 11.5 Å². The maximum Gasteiger partial charge on any atom is 0.358 e. The fourth-order valence-corrected chi connectivity index (χ4v) is 3.19. The van der Waals surface area contributed by atoms with Gasteiger partial charge in [-0.1, -0.05) is 11.3 Å². The summed E-state index contributed by atoms with van der Waals surface area (Å²) in [6.07, 6.45) is 3.08. The lowest BCUT2D eigenvalue weighted by Gasteiger charge is -2.23. The summed E-state index contributed by atoms with van der Waals surface area (Å²) in [5.74, 6) is 0.322. The molecule has 0 fully saturated rings. The van der Waals surface area contributed by atoms with E-state index in [0.29, 0.717) is 16.1 Å². The number of anilines is 1. The summed E-state index contributed by atoms with van der Waals surface area (Å²) >= 11 is 3.03. The molecule has 0 saturated heterocycles. The molecule has 0 aromatic carbocycles. The maximum absolute atomic E-state index is 11.7. The van der Waals surface area contributed by atoms with Crippen molar-refractivity contribution in [2.24, 2.45) is 0 Å². The molecule has 0 aliphatic heterocycles. The Balaban J connectivity index is 3.01. The molecule has 1 atom stereocenters. The highest BCUT2D eigenvalue weighted by Crippen LogP contribution is 2.28. The third-order valence-corrected chi connectivity index (χ3v) is 4.91. The second-order valence-electron chi connectivity index (χ2n) is 4.46. The lowest BCUT2D eigenvalue weighted by atomic mass is 10.2. The first-order chi connectivity index (χ1) is 9.42. The second-order valence-corrected chi connectivity index (χ2v) is 6.43. The lowest BCUT2D eigenvalue weighted by molar-refractivity contribution is 0.0591. The number of esters is 1. The van der Waals surface area contributed by atoms with Crippen LogP contribution in [-0.2, 0) is 4.74 Å². The highest BCUT2D eigenvalue weighted by Gasteiger charge is 2.24. The van der Waals surface area contributed by atoms with Crippen LogP contribution in [0.5, 0.6) is 0 Å². The van der Waals surface area contributed by atoms with Crippen molar-refractivity contribution in [3.8, 4) is 0 Å². The van der Waals surface area contributed by atoms with E-state index in [2.05, 4.69) is 22.9 Å². The number of methoxy groups -OCH3 is 1. The molecule has 0 amide bonds. The molecule has 0 N–H and O–H groups in total. The van der Waals surface area contributed by atoms with Crippen LogP contribution in [0.15, 0.2) is 0 Å². The van der Waals surface area contributed by atoms with Crippen LogP contribution in [0, 0.1) is 0 Å². The van der Waals surface area contributed by atoms with E-state index in [1.807, 2.05) is 11.9 Å². The molecule has 112 valence electrons. The Bertz CT molecular complexity index is 488. The van der Waals surface area contributed by atoms with Gasteiger partial charge in [-0.15, -0.1) is 0 Å². The molecule has 1 rings (SSSR count). The Hall–Kier alpha value is -1.08. The van der Waals surface area contributed by atoms with Crippen molar-refractivity contribution in [1.29, 1.82) is 0 Å². The number of ketones is 1. The molecular weight excluding hydrogens is 296 g/mol. The van der Waals surface area contributed by atoms with Crippen LogP contribution >= 0.6 is 23.1 Å². The first kappa shape index (κ1) is 17.0. The number of carbonyl (C=O) groups is 2. The smallest absolute Gasteiger partial charge is 0.358 e. The molecular formula is C13H20N2O3S2. The number of carbonyl (C=O) groups excluding carboxylic acids is 2. The molecule has 1 unspecified atom stereocenters. The number of thioether (sulfide) groups is 1. The lowest BCUT2D eigenvalue weighted by Crippen LogP contribution is -2.29. The molecule has 1 heterocycles. The van der Waals surface area contributed by atoms with Crippen molar-refractivity contribution in [3.05, 3.63) is 10.6 Å². The summed E-state index contributed by atoms with van der Waals surface area (Å²) in [5.41, 5.74) is 0.115. The van der Waals surface area contributed by atoms with Gasteiger partial charge in [0.25, 0.3) is 0 Å². The quantitative estimate of drug-likeness (QED) is 0.569. The third kappa shape index (κ3) is 3.96. The molecule has 0 aliphatic carbocycles. The van der Waals surface area contributed by atoms with Gasteiger partial charge in [0.2, 0.25) is 0 Å². The minimum atomic E-state index is -0.567. The van der Waals surface area contributed by atoms with Gasteiger partial charge in [0.1, 0.15) is 4.88 Å². The Labute approximate surface area is 127 Å². The Kier molecular flexibility index (Phi) is 6.48. The predicted molar refractivity (Wildman–Crippen MR) is 84.3 cm³/mol. The van der Waals surface area contributed by atoms with Crippen LogP contribution in [0.25, 0.3) is 0 Å². The average Bonchev–Trinajstić information content (AvgIpc) is 2.88. The molecule has 0 spiro atoms. The zero-order valence-corrected chi connectivity index (χ0v) is 14.1. The van der Waals surface area contributed by atoms with Crippen molar-refractivity contribution < 1.29 is 14.3 Å². The van der Waals surface area contributed by atoms with E-state index in [4.69, 9.17) is 0 Å². The van der Waals surface area contributed by atoms with E-state index < -0.39 is 5.97 Å². The molecule has 5 nitrogen and oxygen atoms in total. The number of thiazole rings is 1. The van der Waals surface area contributed by atoms with Crippen LogP contribution in [-0.4, -0.2) is 48.9 Å². The Morgan fingerprint density at radius 1 is 1.50 bits per heavy atom. The minimum Gasteiger partial charge on any atom is -0.464 e. The summed E-state index contributed by atoms with van der Waals surface area (Å²) in [7, 11) is 3.21. The largest absolute Gasteiger partial charge is 0.464 e. The summed E-state index contributed by atoms with van der Waals surface area (Å²) in [6, 6.07) is 0.291. The van der Waals surface area contributed by atoms with Gasteiger partial charge in [-0.25, -0.2) is 9.78 Å². The van der Waals surface area contributed by atoms with Crippen molar-refractivity contribution >= 4 is 40.0 Å². The van der Waals surface area contributed by atoms with Crippen molar-refractivity contribution in [1.82, 2.24) is 4.98 Å². The number of rotatable bonds is 7. The number of hydrogen-bond acceptors (Lipinski definition) is 7. The highest BCUT2D eigenvalue weighted by atomic mass is 32.2. The van der Waals surface area contributed by atoms with Crippen LogP contribution in [0.4, 0.5) is 5.13 Å². The van der Waals surface area contributed by atoms with E-state index in [0.717, 1.165) is 12.2 Å². The van der Waals surface area contributed by atoms with Gasteiger partial charge < -0.3 is 9.64 Å². The monoisotopic (exact) mass is 316 g/mol. The van der Waals surface area contributed by atoms with Crippen LogP contribution in [0.2, 0.25) is 0 Å². The molecule has 1 aromatic heterocycles. The van der Waals surface area contributed by atoms with Crippen LogP contribution < -0.4 is 4.90 Å². The van der Waals surface area contributed by atoms with E-state index in [1.54, 1.807) is 11.8 Å². The zero-order chi connectivity index (χ0) is 15.3. The van der Waals surface area contributed by atoms with E-state index in [9.17, 15) is 9.59 Å². The van der Waals surface area contributed by atoms with Crippen molar-refractivity contribution in [3.63, 3.8) is 0 Å². The average molecular weight is 316 g/mol. The summed E-state index contributed by atoms with van der Waals surface area (Å²) < 4.78 is 4.68. The number of hydrogen-bond donors (Lipinski definition) is 0. The van der Waals surface area contributed by atoms with Crippen LogP contribution in [0.3, 0.4) is 0 Å². The SMILES string of the molecule is COC(=O)c1nc(N(C)C(C)CCSC)sc1C(C)=O. The topological polar surface area (TPSA) is 59.5 Å². The van der Waals surface area contributed by atoms with Gasteiger partial charge >= 0.3 is 5.97 Å². The Morgan fingerprint density at radius 3 is 2.65 bits per heavy atom. The summed E-state index contributed by atoms with van der Waals surface area (Å²) in [5, 5.41) is 0.671. The highest BCUT2D eigenvalue weighted by molar-refractivity contribution is 7.98. The Morgan fingerprint density at radius 2 is 2.15 bits per heavy atom. The number of nitrogens with zero attached hydrogens (tertiary/aromatic N) is 2. The summed E-state index contributed by atoms with van der Waals surface area (Å²) in [6.45, 7) is 3.53. The van der Waals surface area contributed by atoms with Gasteiger partial charge in [-0.05, 0) is 25.4 Å². The molecule has 0 saturated carbocycles. The predicted octanol–water partition coefficient (Wildman–Crippen LogP) is 2.71. The number of aromatic nitrogens is 1. The first-order valence-corrected chi connectivity index (χ1v) is 8.45. The molecule has 0 radical (unpaired) electrons. The number of ether oxygens (including phenoxy) is 1. The molecule has 1 aromatic rings. The van der Waals surface area contributed by atoms with Gasteiger partial charge in [0, 0.05) is 20.0 Å². The molecule has 0 bridgehead atoms. The van der Waals surface area contributed by atoms with Crippen LogP contribution in [0.1, 0.15) is 40.4 Å². The normalized spacial score (nSPS) is 12.1. The fraction of sp³-hybridized carbons (Fsp3) is 0.615. The molecule has 20 heavy (non-hydrogen) atoms. The van der Waals surface area contributed by atoms with Gasteiger partial charge in [0.05, 0.1) is 7.11 Å². The van der Waals surface area contributed by atoms with E-state index >= 15 is 0 Å². The maximum atomic E-state index is 11.7. The third-order valence-electron chi connectivity index (χ3n) is 3.02. The van der Waals surface area contributed by atoms with Gasteiger partial charge in [-0.2, -0.15) is 11.8 Å². The minimum absolute atomic E-state index is 0.115. The second kappa shape index (κ2) is 7.64. The van der Waals surface area contributed by atoms with Gasteiger partial charge in [0.15, 0.2) is 16.6 Å². The standard InChI is InChI=1S/C13H20N2O3S2/c1-8(6-7-19-5)15(3)13-14-10(12(17)18-4)11(20-13)9(2)16/h8H,6-7H2,1-5H3. The van der Waals surface area contributed by atoms with E-state index in [1.165, 1.54) is 25.4 Å². The van der Waals surface area contributed by atoms with Gasteiger partial charge in [-0.3, -0.25) is 4.79 Å². The summed E-state index contributed by atoms with van der Waals surface area (Å²) in [4.78, 5) is 29.9. The van der Waals surface area contributed by atoms with Crippen molar-refractivity contribution in [2.45, 2.75) is 26.3 Å². The zero-order valence-electron chi connectivity index (χ0n) is 12.4. The van der Waals surface area contributed by atoms with Crippen molar-refractivity contribution in [2.75, 3.05) is 31.1 Å². The first-order valence-electron chi connectivity index (χ1n) is 6.24. The molecule has 7 heteroatoms.